The number of esters is 1. The smallest absolute Gasteiger partial charge is 0.343 e. The molecule has 0 aliphatic carbocycles. The summed E-state index contributed by atoms with van der Waals surface area (Å²) >= 11 is 9.14. The molecule has 1 amide bonds. The van der Waals surface area contributed by atoms with Crippen LogP contribution < -0.4 is 19.6 Å². The van der Waals surface area contributed by atoms with Crippen LogP contribution in [0.25, 0.3) is 0 Å². The second-order valence-electron chi connectivity index (χ2n) is 6.57. The first-order valence-electron chi connectivity index (χ1n) is 9.89. The molecular formula is C24H20BrClN2O5. The highest BCUT2D eigenvalue weighted by Crippen LogP contribution is 2.29. The van der Waals surface area contributed by atoms with Crippen LogP contribution in [0.4, 0.5) is 0 Å². The van der Waals surface area contributed by atoms with Gasteiger partial charge in [-0.25, -0.2) is 10.2 Å². The third-order valence-corrected chi connectivity index (χ3v) is 4.92. The summed E-state index contributed by atoms with van der Waals surface area (Å²) in [6, 6.07) is 18.5. The van der Waals surface area contributed by atoms with E-state index in [2.05, 4.69) is 26.5 Å². The highest BCUT2D eigenvalue weighted by molar-refractivity contribution is 9.10. The minimum Gasteiger partial charge on any atom is -0.490 e. The Morgan fingerprint density at radius 3 is 2.42 bits per heavy atom. The molecule has 0 saturated heterocycles. The van der Waals surface area contributed by atoms with Crippen LogP contribution in [0.5, 0.6) is 17.2 Å². The maximum Gasteiger partial charge on any atom is 0.343 e. The summed E-state index contributed by atoms with van der Waals surface area (Å²) in [6.07, 6.45) is 1.45. The topological polar surface area (TPSA) is 86.2 Å². The van der Waals surface area contributed by atoms with Crippen LogP contribution in [0.15, 0.2) is 76.3 Å². The fourth-order valence-corrected chi connectivity index (χ4v) is 2.98. The molecule has 0 heterocycles. The van der Waals surface area contributed by atoms with E-state index in [-0.39, 0.29) is 12.4 Å². The number of rotatable bonds is 9. The first kappa shape index (κ1) is 24.3. The molecule has 0 bridgehead atoms. The molecule has 0 radical (unpaired) electrons. The molecule has 0 fully saturated rings. The molecule has 0 aliphatic rings. The number of ether oxygens (including phenoxy) is 3. The van der Waals surface area contributed by atoms with Crippen molar-refractivity contribution < 1.29 is 23.8 Å². The van der Waals surface area contributed by atoms with Crippen LogP contribution in [0, 0.1) is 0 Å². The van der Waals surface area contributed by atoms with Crippen LogP contribution >= 0.6 is 27.5 Å². The van der Waals surface area contributed by atoms with E-state index < -0.39 is 11.9 Å². The lowest BCUT2D eigenvalue weighted by Gasteiger charge is -2.11. The van der Waals surface area contributed by atoms with Crippen molar-refractivity contribution >= 4 is 45.6 Å². The largest absolute Gasteiger partial charge is 0.490 e. The highest BCUT2D eigenvalue weighted by Gasteiger charge is 2.13. The third-order valence-electron chi connectivity index (χ3n) is 4.14. The zero-order chi connectivity index (χ0) is 23.6. The first-order valence-corrected chi connectivity index (χ1v) is 11.1. The fraction of sp³-hybridized carbons (Fsp3) is 0.125. The molecule has 170 valence electrons. The molecule has 0 atom stereocenters. The van der Waals surface area contributed by atoms with E-state index in [9.17, 15) is 9.59 Å². The van der Waals surface area contributed by atoms with Gasteiger partial charge in [-0.15, -0.1) is 0 Å². The number of amides is 1. The van der Waals surface area contributed by atoms with Crippen molar-refractivity contribution in [3.8, 4) is 17.2 Å². The lowest BCUT2D eigenvalue weighted by Crippen LogP contribution is -2.24. The van der Waals surface area contributed by atoms with Crippen LogP contribution in [0.2, 0.25) is 5.02 Å². The summed E-state index contributed by atoms with van der Waals surface area (Å²) < 4.78 is 17.3. The predicted molar refractivity (Wildman–Crippen MR) is 129 cm³/mol. The molecule has 1 N–H and O–H groups in total. The second kappa shape index (κ2) is 12.0. The van der Waals surface area contributed by atoms with Gasteiger partial charge in [0.25, 0.3) is 5.91 Å². The molecule has 3 aromatic carbocycles. The van der Waals surface area contributed by atoms with Crippen molar-refractivity contribution in [1.82, 2.24) is 5.43 Å². The van der Waals surface area contributed by atoms with E-state index in [1.54, 1.807) is 66.7 Å². The van der Waals surface area contributed by atoms with Gasteiger partial charge >= 0.3 is 5.97 Å². The molecule has 0 aromatic heterocycles. The van der Waals surface area contributed by atoms with E-state index in [0.29, 0.717) is 34.3 Å². The summed E-state index contributed by atoms with van der Waals surface area (Å²) in [6.45, 7) is 2.00. The number of halogens is 2. The maximum atomic E-state index is 12.4. The van der Waals surface area contributed by atoms with Gasteiger partial charge in [-0.05, 0) is 79.2 Å². The number of nitrogens with one attached hydrogen (secondary N) is 1. The molecule has 33 heavy (non-hydrogen) atoms. The summed E-state index contributed by atoms with van der Waals surface area (Å²) in [5, 5.41) is 4.50. The molecule has 0 saturated carbocycles. The van der Waals surface area contributed by atoms with Gasteiger partial charge in [0.1, 0.15) is 5.75 Å². The summed E-state index contributed by atoms with van der Waals surface area (Å²) in [7, 11) is 0. The van der Waals surface area contributed by atoms with Crippen LogP contribution in [0.3, 0.4) is 0 Å². The van der Waals surface area contributed by atoms with Crippen LogP contribution in [0.1, 0.15) is 22.8 Å². The maximum absolute atomic E-state index is 12.4. The van der Waals surface area contributed by atoms with E-state index in [4.69, 9.17) is 25.8 Å². The standard InChI is InChI=1S/C24H20BrClN2O5/c1-2-31-22-13-16(3-12-21(22)33-24(30)17-4-6-18(25)7-5-17)14-27-28-23(29)15-32-20-10-8-19(26)9-11-20/h3-14H,2,15H2,1H3,(H,28,29)/b27-14-. The van der Waals surface area contributed by atoms with Crippen molar-refractivity contribution in [2.75, 3.05) is 13.2 Å². The zero-order valence-electron chi connectivity index (χ0n) is 17.6. The van der Waals surface area contributed by atoms with Gasteiger partial charge in [0.2, 0.25) is 0 Å². The molecular weight excluding hydrogens is 512 g/mol. The van der Waals surface area contributed by atoms with Gasteiger partial charge in [0.15, 0.2) is 18.1 Å². The van der Waals surface area contributed by atoms with E-state index in [0.717, 1.165) is 4.47 Å². The van der Waals surface area contributed by atoms with Gasteiger partial charge in [-0.3, -0.25) is 4.79 Å². The average molecular weight is 532 g/mol. The summed E-state index contributed by atoms with van der Waals surface area (Å²) in [5.41, 5.74) is 3.44. The summed E-state index contributed by atoms with van der Waals surface area (Å²) in [5.74, 6) is 0.254. The van der Waals surface area contributed by atoms with Gasteiger partial charge in [0.05, 0.1) is 18.4 Å². The number of carbonyl (C=O) groups excluding carboxylic acids is 2. The van der Waals surface area contributed by atoms with E-state index in [1.165, 1.54) is 6.21 Å². The minimum absolute atomic E-state index is 0.200. The Kier molecular flexibility index (Phi) is 8.86. The van der Waals surface area contributed by atoms with Gasteiger partial charge < -0.3 is 14.2 Å². The Morgan fingerprint density at radius 1 is 1.00 bits per heavy atom. The van der Waals surface area contributed by atoms with E-state index >= 15 is 0 Å². The Morgan fingerprint density at radius 2 is 1.73 bits per heavy atom. The number of hydrazone groups is 1. The van der Waals surface area contributed by atoms with Gasteiger partial charge in [-0.1, -0.05) is 27.5 Å². The minimum atomic E-state index is -0.502. The second-order valence-corrected chi connectivity index (χ2v) is 7.92. The van der Waals surface area contributed by atoms with Crippen LogP contribution in [-0.4, -0.2) is 31.3 Å². The normalized spacial score (nSPS) is 10.6. The van der Waals surface area contributed by atoms with Crippen LogP contribution in [-0.2, 0) is 4.79 Å². The Balaban J connectivity index is 1.58. The highest BCUT2D eigenvalue weighted by atomic mass is 79.9. The number of hydrogen-bond acceptors (Lipinski definition) is 6. The Hall–Kier alpha value is -3.36. The lowest BCUT2D eigenvalue weighted by molar-refractivity contribution is -0.123. The number of carbonyl (C=O) groups is 2. The van der Waals surface area contributed by atoms with Crippen molar-refractivity contribution in [3.63, 3.8) is 0 Å². The lowest BCUT2D eigenvalue weighted by atomic mass is 10.2. The van der Waals surface area contributed by atoms with Crippen molar-refractivity contribution in [2.24, 2.45) is 5.10 Å². The van der Waals surface area contributed by atoms with Crippen molar-refractivity contribution in [3.05, 3.63) is 87.4 Å². The van der Waals surface area contributed by atoms with E-state index in [1.807, 2.05) is 6.92 Å². The average Bonchev–Trinajstić information content (AvgIpc) is 2.81. The zero-order valence-corrected chi connectivity index (χ0v) is 19.9. The molecule has 0 spiro atoms. The Labute approximate surface area is 204 Å². The molecule has 7 nitrogen and oxygen atoms in total. The fourth-order valence-electron chi connectivity index (χ4n) is 2.59. The molecule has 3 rings (SSSR count). The van der Waals surface area contributed by atoms with Crippen molar-refractivity contribution in [2.45, 2.75) is 6.92 Å². The van der Waals surface area contributed by atoms with Crippen molar-refractivity contribution in [1.29, 1.82) is 0 Å². The summed E-state index contributed by atoms with van der Waals surface area (Å²) in [4.78, 5) is 24.3. The predicted octanol–water partition coefficient (Wildman–Crippen LogP) is 5.25. The monoisotopic (exact) mass is 530 g/mol. The van der Waals surface area contributed by atoms with Gasteiger partial charge in [-0.2, -0.15) is 5.10 Å². The number of nitrogens with zero attached hydrogens (tertiary/aromatic N) is 1. The third kappa shape index (κ3) is 7.62. The molecule has 0 aliphatic heterocycles. The number of benzene rings is 3. The van der Waals surface area contributed by atoms with Gasteiger partial charge in [0, 0.05) is 9.50 Å². The number of hydrogen-bond donors (Lipinski definition) is 1. The SMILES string of the molecule is CCOc1cc(/C=N\NC(=O)COc2ccc(Cl)cc2)ccc1OC(=O)c1ccc(Br)cc1. The molecule has 9 heteroatoms. The quantitative estimate of drug-likeness (QED) is 0.176. The molecule has 0 unspecified atom stereocenters. The Bertz CT molecular complexity index is 1130. The first-order chi connectivity index (χ1) is 15.9. The molecule has 3 aromatic rings.